The summed E-state index contributed by atoms with van der Waals surface area (Å²) >= 11 is 6.17. The van der Waals surface area contributed by atoms with Crippen molar-refractivity contribution < 1.29 is 17.9 Å². The number of halogens is 2. The van der Waals surface area contributed by atoms with Crippen molar-refractivity contribution in [2.24, 2.45) is 5.14 Å². The Kier molecular flexibility index (Phi) is 4.11. The van der Waals surface area contributed by atoms with Crippen LogP contribution in [0.4, 0.5) is 0 Å². The summed E-state index contributed by atoms with van der Waals surface area (Å²) in [7, 11) is -2.85. The highest BCUT2D eigenvalue weighted by Crippen LogP contribution is 2.29. The topological polar surface area (TPSA) is 86.5 Å². The van der Waals surface area contributed by atoms with Crippen LogP contribution in [0.25, 0.3) is 0 Å². The third-order valence-electron chi connectivity index (χ3n) is 1.70. The van der Waals surface area contributed by atoms with Crippen molar-refractivity contribution in [3.05, 3.63) is 26.6 Å². The maximum absolute atomic E-state index is 11.4. The van der Waals surface area contributed by atoms with Crippen molar-refractivity contribution in [3.8, 4) is 0 Å². The van der Waals surface area contributed by atoms with Gasteiger partial charge in [-0.15, -0.1) is 0 Å². The summed E-state index contributed by atoms with van der Waals surface area (Å²) in [5.41, 5.74) is -0.119. The molecule has 8 heteroatoms. The molecule has 0 heterocycles. The number of primary sulfonamides is 1. The molecule has 0 aliphatic carbocycles. The van der Waals surface area contributed by atoms with E-state index in [0.29, 0.717) is 4.47 Å². The second-order valence-electron chi connectivity index (χ2n) is 2.80. The van der Waals surface area contributed by atoms with Crippen molar-refractivity contribution in [2.75, 3.05) is 7.11 Å². The number of hydrogen-bond donors (Lipinski definition) is 1. The zero-order valence-electron chi connectivity index (χ0n) is 8.03. The molecule has 0 aliphatic heterocycles. The summed E-state index contributed by atoms with van der Waals surface area (Å²) in [4.78, 5) is 11.1. The van der Waals surface area contributed by atoms with Crippen LogP contribution in [0.3, 0.4) is 0 Å². The van der Waals surface area contributed by atoms with E-state index >= 15 is 0 Å². The zero-order valence-corrected chi connectivity index (χ0v) is 12.0. The lowest BCUT2D eigenvalue weighted by molar-refractivity contribution is 0.0596. The molecule has 2 N–H and O–H groups in total. The maximum Gasteiger partial charge on any atom is 0.339 e. The van der Waals surface area contributed by atoms with E-state index in [1.807, 2.05) is 0 Å². The van der Waals surface area contributed by atoms with Crippen LogP contribution >= 0.6 is 31.9 Å². The maximum atomic E-state index is 11.4. The highest BCUT2D eigenvalue weighted by atomic mass is 79.9. The molecule has 0 aliphatic rings. The molecule has 16 heavy (non-hydrogen) atoms. The fraction of sp³-hybridized carbons (Fsp3) is 0.125. The number of methoxy groups -OCH3 is 1. The lowest BCUT2D eigenvalue weighted by Crippen LogP contribution is -2.18. The van der Waals surface area contributed by atoms with Gasteiger partial charge >= 0.3 is 5.97 Å². The van der Waals surface area contributed by atoms with E-state index in [-0.39, 0.29) is 14.9 Å². The van der Waals surface area contributed by atoms with Gasteiger partial charge in [-0.2, -0.15) is 0 Å². The highest BCUT2D eigenvalue weighted by Gasteiger charge is 2.23. The monoisotopic (exact) mass is 371 g/mol. The van der Waals surface area contributed by atoms with Crippen LogP contribution in [0.2, 0.25) is 0 Å². The molecule has 1 aromatic carbocycles. The van der Waals surface area contributed by atoms with Crippen LogP contribution in [-0.4, -0.2) is 21.5 Å². The molecule has 0 saturated carbocycles. The van der Waals surface area contributed by atoms with Crippen molar-refractivity contribution in [2.45, 2.75) is 4.90 Å². The first-order valence-electron chi connectivity index (χ1n) is 3.87. The third-order valence-corrected chi connectivity index (χ3v) is 4.05. The Hall–Kier alpha value is -0.440. The summed E-state index contributed by atoms with van der Waals surface area (Å²) in [5.74, 6) is -0.772. The number of hydrogen-bond acceptors (Lipinski definition) is 4. The fourth-order valence-electron chi connectivity index (χ4n) is 1.11. The predicted octanol–water partition coefficient (Wildman–Crippen LogP) is 1.65. The van der Waals surface area contributed by atoms with Crippen molar-refractivity contribution >= 4 is 47.9 Å². The molecule has 0 fully saturated rings. The number of nitrogens with two attached hydrogens (primary N) is 1. The van der Waals surface area contributed by atoms with Crippen LogP contribution in [-0.2, 0) is 14.8 Å². The quantitative estimate of drug-likeness (QED) is 0.799. The zero-order chi connectivity index (χ0) is 12.5. The normalized spacial score (nSPS) is 11.2. The van der Waals surface area contributed by atoms with Gasteiger partial charge in [-0.25, -0.2) is 18.4 Å². The van der Waals surface area contributed by atoms with E-state index in [0.717, 1.165) is 7.11 Å². The number of carbonyl (C=O) groups is 1. The molecule has 0 bridgehead atoms. The first-order chi connectivity index (χ1) is 7.27. The van der Waals surface area contributed by atoms with Gasteiger partial charge in [0.2, 0.25) is 10.0 Å². The molecular formula is C8H7Br2NO4S. The van der Waals surface area contributed by atoms with Gasteiger partial charge in [0.25, 0.3) is 0 Å². The average molecular weight is 373 g/mol. The Morgan fingerprint density at radius 3 is 2.38 bits per heavy atom. The highest BCUT2D eigenvalue weighted by molar-refractivity contribution is 9.11. The fourth-order valence-corrected chi connectivity index (χ4v) is 3.79. The van der Waals surface area contributed by atoms with Gasteiger partial charge < -0.3 is 4.74 Å². The van der Waals surface area contributed by atoms with Crippen LogP contribution < -0.4 is 5.14 Å². The van der Waals surface area contributed by atoms with Gasteiger partial charge in [-0.05, 0) is 28.1 Å². The molecule has 1 rings (SSSR count). The molecule has 0 atom stereocenters. The number of carbonyl (C=O) groups excluding carboxylic acids is 1. The molecule has 0 spiro atoms. The summed E-state index contributed by atoms with van der Waals surface area (Å²) in [5, 5.41) is 5.02. The summed E-state index contributed by atoms with van der Waals surface area (Å²) in [6, 6.07) is 2.81. The summed E-state index contributed by atoms with van der Waals surface area (Å²) in [6.07, 6.45) is 0. The lowest BCUT2D eigenvalue weighted by Gasteiger charge is -2.08. The number of ether oxygens (including phenoxy) is 1. The van der Waals surface area contributed by atoms with Crippen LogP contribution in [0.5, 0.6) is 0 Å². The van der Waals surface area contributed by atoms with E-state index in [1.165, 1.54) is 12.1 Å². The minimum atomic E-state index is -4.00. The van der Waals surface area contributed by atoms with Crippen LogP contribution in [0.15, 0.2) is 26.0 Å². The Labute approximate surface area is 109 Å². The third kappa shape index (κ3) is 2.82. The number of esters is 1. The number of sulfonamides is 1. The van der Waals surface area contributed by atoms with Gasteiger partial charge in [0.05, 0.1) is 12.7 Å². The van der Waals surface area contributed by atoms with E-state index in [1.54, 1.807) is 0 Å². The number of benzene rings is 1. The summed E-state index contributed by atoms with van der Waals surface area (Å²) in [6.45, 7) is 0. The Bertz CT molecular complexity index is 541. The van der Waals surface area contributed by atoms with Crippen LogP contribution in [0, 0.1) is 0 Å². The summed E-state index contributed by atoms with van der Waals surface area (Å²) < 4.78 is 27.9. The second-order valence-corrected chi connectivity index (χ2v) is 6.07. The van der Waals surface area contributed by atoms with E-state index in [9.17, 15) is 13.2 Å². The van der Waals surface area contributed by atoms with E-state index < -0.39 is 16.0 Å². The largest absolute Gasteiger partial charge is 0.465 e. The smallest absolute Gasteiger partial charge is 0.339 e. The molecule has 0 radical (unpaired) electrons. The van der Waals surface area contributed by atoms with Crippen molar-refractivity contribution in [1.82, 2.24) is 0 Å². The molecule has 1 aromatic rings. The average Bonchev–Trinajstić information content (AvgIpc) is 2.12. The standard InChI is InChI=1S/C8H7Br2NO4S/c1-15-8(12)5-2-4(9)3-6(10)7(5)16(11,13)14/h2-3H,1H3,(H2,11,13,14). The lowest BCUT2D eigenvalue weighted by atomic mass is 10.2. The molecular weight excluding hydrogens is 366 g/mol. The second kappa shape index (κ2) is 4.82. The van der Waals surface area contributed by atoms with E-state index in [4.69, 9.17) is 5.14 Å². The predicted molar refractivity (Wildman–Crippen MR) is 64.6 cm³/mol. The minimum Gasteiger partial charge on any atom is -0.465 e. The van der Waals surface area contributed by atoms with Gasteiger partial charge in [0.1, 0.15) is 4.90 Å². The van der Waals surface area contributed by atoms with Gasteiger partial charge in [0, 0.05) is 8.95 Å². The SMILES string of the molecule is COC(=O)c1cc(Br)cc(Br)c1S(N)(=O)=O. The Morgan fingerprint density at radius 1 is 1.38 bits per heavy atom. The Morgan fingerprint density at radius 2 is 1.94 bits per heavy atom. The van der Waals surface area contributed by atoms with Gasteiger partial charge in [0.15, 0.2) is 0 Å². The molecule has 88 valence electrons. The van der Waals surface area contributed by atoms with Crippen molar-refractivity contribution in [1.29, 1.82) is 0 Å². The molecule has 0 saturated heterocycles. The minimum absolute atomic E-state index is 0.119. The first-order valence-corrected chi connectivity index (χ1v) is 7.00. The Balaban J connectivity index is 3.64. The van der Waals surface area contributed by atoms with E-state index in [2.05, 4.69) is 36.6 Å². The number of rotatable bonds is 2. The molecule has 5 nitrogen and oxygen atoms in total. The molecule has 0 unspecified atom stereocenters. The first kappa shape index (κ1) is 13.6. The van der Waals surface area contributed by atoms with Crippen molar-refractivity contribution in [3.63, 3.8) is 0 Å². The van der Waals surface area contributed by atoms with Gasteiger partial charge in [-0.3, -0.25) is 0 Å². The van der Waals surface area contributed by atoms with Crippen LogP contribution in [0.1, 0.15) is 10.4 Å². The van der Waals surface area contributed by atoms with Gasteiger partial charge in [-0.1, -0.05) is 15.9 Å². The molecule has 0 aromatic heterocycles. The molecule has 0 amide bonds.